The van der Waals surface area contributed by atoms with Crippen LogP contribution >= 0.6 is 0 Å². The lowest BCUT2D eigenvalue weighted by Crippen LogP contribution is -2.21. The van der Waals surface area contributed by atoms with Crippen molar-refractivity contribution in [3.8, 4) is 0 Å². The van der Waals surface area contributed by atoms with E-state index in [0.717, 1.165) is 19.3 Å². The molecule has 0 aliphatic carbocycles. The molecule has 3 heteroatoms. The molecule has 0 aliphatic heterocycles. The SMILES string of the molecule is CCCCCCCC/C=C\CCCCCCCC(CC(CCCCCC)CCCCCCCC)OC(=O)O. The van der Waals surface area contributed by atoms with Gasteiger partial charge in [-0.2, -0.15) is 0 Å². The molecule has 0 amide bonds. The summed E-state index contributed by atoms with van der Waals surface area (Å²) in [6.45, 7) is 6.81. The van der Waals surface area contributed by atoms with E-state index in [9.17, 15) is 9.90 Å². The third-order valence-electron chi connectivity index (χ3n) is 8.08. The maximum atomic E-state index is 11.4. The van der Waals surface area contributed by atoms with Crippen molar-refractivity contribution in [1.82, 2.24) is 0 Å². The molecule has 0 heterocycles. The van der Waals surface area contributed by atoms with Crippen molar-refractivity contribution < 1.29 is 14.6 Å². The van der Waals surface area contributed by atoms with E-state index in [1.807, 2.05) is 0 Å². The molecule has 0 saturated carbocycles. The van der Waals surface area contributed by atoms with E-state index in [1.54, 1.807) is 0 Å². The zero-order valence-corrected chi connectivity index (χ0v) is 26.2. The van der Waals surface area contributed by atoms with Gasteiger partial charge < -0.3 is 9.84 Å². The third kappa shape index (κ3) is 28.0. The van der Waals surface area contributed by atoms with Crippen LogP contribution in [-0.2, 0) is 4.74 Å². The van der Waals surface area contributed by atoms with Gasteiger partial charge in [-0.05, 0) is 50.9 Å². The number of rotatable bonds is 30. The first-order chi connectivity index (χ1) is 18.6. The monoisotopic (exact) mass is 537 g/mol. The van der Waals surface area contributed by atoms with Crippen LogP contribution in [0.5, 0.6) is 0 Å². The molecular weight excluding hydrogens is 468 g/mol. The lowest BCUT2D eigenvalue weighted by atomic mass is 9.88. The summed E-state index contributed by atoms with van der Waals surface area (Å²) >= 11 is 0. The van der Waals surface area contributed by atoms with Crippen molar-refractivity contribution in [3.05, 3.63) is 12.2 Å². The maximum absolute atomic E-state index is 11.4. The molecular formula is C35H68O3. The summed E-state index contributed by atoms with van der Waals surface area (Å²) < 4.78 is 5.39. The Hall–Kier alpha value is -0.990. The van der Waals surface area contributed by atoms with Gasteiger partial charge >= 0.3 is 6.16 Å². The lowest BCUT2D eigenvalue weighted by molar-refractivity contribution is 0.0343. The highest BCUT2D eigenvalue weighted by atomic mass is 16.7. The molecule has 0 aliphatic rings. The van der Waals surface area contributed by atoms with Gasteiger partial charge in [0.25, 0.3) is 0 Å². The van der Waals surface area contributed by atoms with Gasteiger partial charge in [0.05, 0.1) is 0 Å². The topological polar surface area (TPSA) is 46.5 Å². The van der Waals surface area contributed by atoms with Crippen LogP contribution in [0.4, 0.5) is 4.79 Å². The predicted molar refractivity (Wildman–Crippen MR) is 167 cm³/mol. The number of unbranched alkanes of at least 4 members (excludes halogenated alkanes) is 19. The summed E-state index contributed by atoms with van der Waals surface area (Å²) in [5, 5.41) is 9.34. The minimum Gasteiger partial charge on any atom is -0.450 e. The average molecular weight is 537 g/mol. The largest absolute Gasteiger partial charge is 0.506 e. The van der Waals surface area contributed by atoms with Gasteiger partial charge in [-0.15, -0.1) is 0 Å². The lowest BCUT2D eigenvalue weighted by Gasteiger charge is -2.23. The molecule has 226 valence electrons. The first kappa shape index (κ1) is 37.0. The van der Waals surface area contributed by atoms with Crippen molar-refractivity contribution in [1.29, 1.82) is 0 Å². The molecule has 38 heavy (non-hydrogen) atoms. The van der Waals surface area contributed by atoms with E-state index >= 15 is 0 Å². The standard InChI is InChI=1S/C35H68O3/c1-4-7-10-13-15-16-17-18-19-20-21-22-23-25-28-31-34(38-35(36)37)32-33(29-26-12-9-6-3)30-27-24-14-11-8-5-2/h18-19,33-34H,4-17,20-32H2,1-3H3,(H,36,37)/b19-18-. The van der Waals surface area contributed by atoms with Crippen LogP contribution in [0.3, 0.4) is 0 Å². The van der Waals surface area contributed by atoms with Gasteiger partial charge in [-0.25, -0.2) is 4.79 Å². The Morgan fingerprint density at radius 1 is 0.553 bits per heavy atom. The number of carbonyl (C=O) groups is 1. The molecule has 2 atom stereocenters. The Morgan fingerprint density at radius 2 is 0.921 bits per heavy atom. The Kier molecular flexibility index (Phi) is 29.8. The molecule has 0 rings (SSSR count). The first-order valence-corrected chi connectivity index (χ1v) is 17.2. The van der Waals surface area contributed by atoms with Crippen molar-refractivity contribution in [2.45, 2.75) is 200 Å². The van der Waals surface area contributed by atoms with E-state index in [2.05, 4.69) is 32.9 Å². The molecule has 2 unspecified atom stereocenters. The zero-order valence-electron chi connectivity index (χ0n) is 26.2. The molecule has 1 N–H and O–H groups in total. The van der Waals surface area contributed by atoms with Crippen LogP contribution in [-0.4, -0.2) is 17.4 Å². The Morgan fingerprint density at radius 3 is 1.37 bits per heavy atom. The minimum absolute atomic E-state index is 0.117. The van der Waals surface area contributed by atoms with Gasteiger partial charge in [0.2, 0.25) is 0 Å². The van der Waals surface area contributed by atoms with E-state index < -0.39 is 6.16 Å². The van der Waals surface area contributed by atoms with Crippen molar-refractivity contribution in [2.75, 3.05) is 0 Å². The molecule has 0 radical (unpaired) electrons. The second-order valence-corrected chi connectivity index (χ2v) is 11.9. The van der Waals surface area contributed by atoms with Gasteiger partial charge in [0.1, 0.15) is 6.10 Å². The summed E-state index contributed by atoms with van der Waals surface area (Å²) in [6, 6.07) is 0. The van der Waals surface area contributed by atoms with Gasteiger partial charge in [-0.3, -0.25) is 0 Å². The van der Waals surface area contributed by atoms with Crippen LogP contribution in [0.2, 0.25) is 0 Å². The van der Waals surface area contributed by atoms with E-state index in [0.29, 0.717) is 5.92 Å². The van der Waals surface area contributed by atoms with Gasteiger partial charge in [0.15, 0.2) is 0 Å². The van der Waals surface area contributed by atoms with Crippen LogP contribution in [0.25, 0.3) is 0 Å². The predicted octanol–water partition coefficient (Wildman–Crippen LogP) is 12.8. The van der Waals surface area contributed by atoms with Crippen LogP contribution in [0.1, 0.15) is 194 Å². The second-order valence-electron chi connectivity index (χ2n) is 11.9. The summed E-state index contributed by atoms with van der Waals surface area (Å²) in [7, 11) is 0. The zero-order chi connectivity index (χ0) is 27.9. The fourth-order valence-electron chi connectivity index (χ4n) is 5.64. The average Bonchev–Trinajstić information content (AvgIpc) is 2.90. The normalized spacial score (nSPS) is 13.2. The van der Waals surface area contributed by atoms with E-state index in [1.165, 1.54) is 154 Å². The molecule has 0 bridgehead atoms. The first-order valence-electron chi connectivity index (χ1n) is 17.2. The Balaban J connectivity index is 4.15. The van der Waals surface area contributed by atoms with Crippen molar-refractivity contribution >= 4 is 6.16 Å². The smallest absolute Gasteiger partial charge is 0.450 e. The summed E-state index contributed by atoms with van der Waals surface area (Å²) in [6.07, 6.45) is 37.8. The molecule has 0 fully saturated rings. The maximum Gasteiger partial charge on any atom is 0.506 e. The molecule has 0 saturated heterocycles. The number of carboxylic acid groups (broad SMARTS) is 1. The quantitative estimate of drug-likeness (QED) is 0.0564. The number of allylic oxidation sites excluding steroid dienone is 2. The van der Waals surface area contributed by atoms with E-state index in [-0.39, 0.29) is 6.10 Å². The molecule has 0 aromatic rings. The number of hydrogen-bond donors (Lipinski definition) is 1. The van der Waals surface area contributed by atoms with Crippen LogP contribution in [0, 0.1) is 5.92 Å². The molecule has 3 nitrogen and oxygen atoms in total. The van der Waals surface area contributed by atoms with Crippen LogP contribution < -0.4 is 0 Å². The fraction of sp³-hybridized carbons (Fsp3) is 0.914. The summed E-state index contributed by atoms with van der Waals surface area (Å²) in [5.74, 6) is 0.616. The Bertz CT molecular complexity index is 501. The third-order valence-corrected chi connectivity index (χ3v) is 8.08. The fourth-order valence-corrected chi connectivity index (χ4v) is 5.64. The van der Waals surface area contributed by atoms with E-state index in [4.69, 9.17) is 4.74 Å². The number of hydrogen-bond acceptors (Lipinski definition) is 2. The minimum atomic E-state index is -1.09. The van der Waals surface area contributed by atoms with Crippen molar-refractivity contribution in [2.24, 2.45) is 5.92 Å². The number of ether oxygens (including phenoxy) is 1. The Labute approximate surface area is 239 Å². The van der Waals surface area contributed by atoms with Crippen LogP contribution in [0.15, 0.2) is 12.2 Å². The van der Waals surface area contributed by atoms with Gasteiger partial charge in [-0.1, -0.05) is 161 Å². The highest BCUT2D eigenvalue weighted by Crippen LogP contribution is 2.26. The van der Waals surface area contributed by atoms with Gasteiger partial charge in [0, 0.05) is 0 Å². The molecule has 0 aromatic heterocycles. The summed E-state index contributed by atoms with van der Waals surface area (Å²) in [4.78, 5) is 11.4. The molecule has 0 aromatic carbocycles. The highest BCUT2D eigenvalue weighted by Gasteiger charge is 2.19. The van der Waals surface area contributed by atoms with Crippen molar-refractivity contribution in [3.63, 3.8) is 0 Å². The second kappa shape index (κ2) is 30.6. The molecule has 0 spiro atoms. The highest BCUT2D eigenvalue weighted by molar-refractivity contribution is 5.57. The summed E-state index contributed by atoms with van der Waals surface area (Å²) in [5.41, 5.74) is 0.